The Bertz CT molecular complexity index is 1180. The van der Waals surface area contributed by atoms with Crippen molar-refractivity contribution in [2.75, 3.05) is 0 Å². The molecule has 0 bridgehead atoms. The number of carbonyl (C=O) groups excluding carboxylic acids is 1. The largest absolute Gasteiger partial charge is 0.372 e. The van der Waals surface area contributed by atoms with Crippen molar-refractivity contribution in [1.29, 1.82) is 0 Å². The number of hydrogen-bond donors (Lipinski definition) is 2. The lowest BCUT2D eigenvalue weighted by Crippen LogP contribution is -2.43. The summed E-state index contributed by atoms with van der Waals surface area (Å²) in [4.78, 5) is 15.3. The van der Waals surface area contributed by atoms with E-state index < -0.39 is 11.5 Å². The highest BCUT2D eigenvalue weighted by Gasteiger charge is 2.39. The molecule has 0 atom stereocenters. The van der Waals surface area contributed by atoms with Crippen LogP contribution in [-0.2, 0) is 10.4 Å². The summed E-state index contributed by atoms with van der Waals surface area (Å²) in [6, 6.07) is 34.0. The van der Waals surface area contributed by atoms with E-state index in [9.17, 15) is 9.90 Å². The molecule has 0 spiro atoms. The second kappa shape index (κ2) is 10.3. The highest BCUT2D eigenvalue weighted by molar-refractivity contribution is 7.99. The van der Waals surface area contributed by atoms with Gasteiger partial charge in [-0.2, -0.15) is 5.10 Å². The van der Waals surface area contributed by atoms with Crippen molar-refractivity contribution in [2.24, 2.45) is 5.10 Å². The van der Waals surface area contributed by atoms with Gasteiger partial charge in [-0.15, -0.1) is 0 Å². The smallest absolute Gasteiger partial charge is 0.281 e. The van der Waals surface area contributed by atoms with Crippen molar-refractivity contribution in [2.45, 2.75) is 22.3 Å². The van der Waals surface area contributed by atoms with Crippen molar-refractivity contribution in [3.8, 4) is 0 Å². The van der Waals surface area contributed by atoms with Crippen LogP contribution in [0.3, 0.4) is 0 Å². The van der Waals surface area contributed by atoms with E-state index in [1.54, 1.807) is 66.5 Å². The van der Waals surface area contributed by atoms with E-state index in [0.717, 1.165) is 10.5 Å². The number of rotatable bonds is 7. The molecule has 0 aliphatic carbocycles. The fourth-order valence-electron chi connectivity index (χ4n) is 3.40. The molecule has 164 valence electrons. The number of benzene rings is 4. The second-order valence-electron chi connectivity index (χ2n) is 7.63. The minimum absolute atomic E-state index is 0.474. The van der Waals surface area contributed by atoms with Gasteiger partial charge in [0.2, 0.25) is 0 Å². The van der Waals surface area contributed by atoms with Crippen LogP contribution in [0.2, 0.25) is 0 Å². The standard InChI is InChI=1S/C28H24N2O2S/c1-21-12-16-25(17-13-21)33-26-18-14-22(15-19-26)20-29-30-27(31)28(32,23-8-4-2-5-9-23)24-10-6-3-7-11-24/h2-20,32H,1H3,(H,30,31)/b29-20-. The molecular weight excluding hydrogens is 428 g/mol. The number of aryl methyl sites for hydroxylation is 1. The molecular formula is C28H24N2O2S. The molecule has 0 saturated carbocycles. The molecule has 0 aliphatic rings. The lowest BCUT2D eigenvalue weighted by atomic mass is 9.85. The van der Waals surface area contributed by atoms with Crippen LogP contribution in [0.4, 0.5) is 0 Å². The zero-order valence-electron chi connectivity index (χ0n) is 18.2. The number of nitrogens with one attached hydrogen (secondary N) is 1. The number of nitrogens with zero attached hydrogens (tertiary/aromatic N) is 1. The van der Waals surface area contributed by atoms with Crippen molar-refractivity contribution in [1.82, 2.24) is 5.43 Å². The van der Waals surface area contributed by atoms with Gasteiger partial charge in [-0.1, -0.05) is 102 Å². The van der Waals surface area contributed by atoms with Gasteiger partial charge in [-0.3, -0.25) is 4.79 Å². The molecule has 33 heavy (non-hydrogen) atoms. The number of hydrogen-bond acceptors (Lipinski definition) is 4. The van der Waals surface area contributed by atoms with Crippen LogP contribution in [0.5, 0.6) is 0 Å². The van der Waals surface area contributed by atoms with Crippen LogP contribution >= 0.6 is 11.8 Å². The highest BCUT2D eigenvalue weighted by atomic mass is 32.2. The molecule has 2 N–H and O–H groups in total. The summed E-state index contributed by atoms with van der Waals surface area (Å²) >= 11 is 1.69. The molecule has 0 heterocycles. The van der Waals surface area contributed by atoms with Gasteiger partial charge in [0.1, 0.15) is 0 Å². The lowest BCUT2D eigenvalue weighted by Gasteiger charge is -2.27. The van der Waals surface area contributed by atoms with Gasteiger partial charge in [-0.05, 0) is 47.9 Å². The molecule has 4 nitrogen and oxygen atoms in total. The zero-order chi connectivity index (χ0) is 23.1. The minimum atomic E-state index is -1.85. The van der Waals surface area contributed by atoms with E-state index >= 15 is 0 Å². The van der Waals surface area contributed by atoms with Gasteiger partial charge < -0.3 is 5.11 Å². The third kappa shape index (κ3) is 5.40. The Hall–Kier alpha value is -3.67. The molecule has 5 heteroatoms. The number of carbonyl (C=O) groups is 1. The van der Waals surface area contributed by atoms with E-state index in [1.165, 1.54) is 10.5 Å². The maximum Gasteiger partial charge on any atom is 0.281 e. The third-order valence-electron chi connectivity index (χ3n) is 5.23. The van der Waals surface area contributed by atoms with Crippen LogP contribution in [0.1, 0.15) is 22.3 Å². The molecule has 4 aromatic rings. The first kappa shape index (κ1) is 22.5. The fourth-order valence-corrected chi connectivity index (χ4v) is 4.21. The summed E-state index contributed by atoms with van der Waals surface area (Å²) in [5, 5.41) is 15.5. The predicted octanol–water partition coefficient (Wildman–Crippen LogP) is 5.53. The second-order valence-corrected chi connectivity index (χ2v) is 8.77. The topological polar surface area (TPSA) is 61.7 Å². The van der Waals surface area contributed by atoms with E-state index in [2.05, 4.69) is 41.7 Å². The van der Waals surface area contributed by atoms with Crippen molar-refractivity contribution in [3.63, 3.8) is 0 Å². The Balaban J connectivity index is 1.46. The van der Waals surface area contributed by atoms with Crippen LogP contribution in [-0.4, -0.2) is 17.2 Å². The van der Waals surface area contributed by atoms with Crippen LogP contribution < -0.4 is 5.43 Å². The molecule has 0 aromatic heterocycles. The summed E-state index contributed by atoms with van der Waals surface area (Å²) < 4.78 is 0. The number of amides is 1. The Kier molecular flexibility index (Phi) is 7.03. The summed E-state index contributed by atoms with van der Waals surface area (Å²) in [7, 11) is 0. The number of hydrazone groups is 1. The summed E-state index contributed by atoms with van der Waals surface area (Å²) in [6.45, 7) is 2.07. The molecule has 1 amide bonds. The van der Waals surface area contributed by atoms with Crippen molar-refractivity contribution in [3.05, 3.63) is 131 Å². The van der Waals surface area contributed by atoms with Gasteiger partial charge in [0, 0.05) is 9.79 Å². The van der Waals surface area contributed by atoms with E-state index in [-0.39, 0.29) is 0 Å². The summed E-state index contributed by atoms with van der Waals surface area (Å²) in [5.74, 6) is -0.623. The van der Waals surface area contributed by atoms with Gasteiger partial charge >= 0.3 is 0 Å². The fraction of sp³-hybridized carbons (Fsp3) is 0.0714. The molecule has 0 fully saturated rings. The van der Waals surface area contributed by atoms with Gasteiger partial charge in [0.05, 0.1) is 6.21 Å². The first-order valence-corrected chi connectivity index (χ1v) is 11.4. The van der Waals surface area contributed by atoms with Crippen LogP contribution in [0.25, 0.3) is 0 Å². The summed E-state index contributed by atoms with van der Waals surface area (Å²) in [6.07, 6.45) is 1.56. The Morgan fingerprint density at radius 2 is 1.27 bits per heavy atom. The van der Waals surface area contributed by atoms with Gasteiger partial charge in [0.15, 0.2) is 5.60 Å². The average molecular weight is 453 g/mol. The Morgan fingerprint density at radius 3 is 1.79 bits per heavy atom. The molecule has 4 rings (SSSR count). The molecule has 4 aromatic carbocycles. The first-order chi connectivity index (χ1) is 16.1. The average Bonchev–Trinajstić information content (AvgIpc) is 2.87. The minimum Gasteiger partial charge on any atom is -0.372 e. The molecule has 0 saturated heterocycles. The predicted molar refractivity (Wildman–Crippen MR) is 133 cm³/mol. The Labute approximate surface area is 198 Å². The molecule has 0 aliphatic heterocycles. The monoisotopic (exact) mass is 452 g/mol. The highest BCUT2D eigenvalue weighted by Crippen LogP contribution is 2.30. The van der Waals surface area contributed by atoms with E-state index in [4.69, 9.17) is 0 Å². The molecule has 0 unspecified atom stereocenters. The van der Waals surface area contributed by atoms with Crippen molar-refractivity contribution < 1.29 is 9.90 Å². The van der Waals surface area contributed by atoms with Crippen molar-refractivity contribution >= 4 is 23.9 Å². The third-order valence-corrected chi connectivity index (χ3v) is 6.24. The SMILES string of the molecule is Cc1ccc(Sc2ccc(/C=N\NC(=O)C(O)(c3ccccc3)c3ccccc3)cc2)cc1. The lowest BCUT2D eigenvalue weighted by molar-refractivity contribution is -0.136. The Morgan fingerprint density at radius 1 is 0.788 bits per heavy atom. The van der Waals surface area contributed by atoms with E-state index in [1.807, 2.05) is 36.4 Å². The zero-order valence-corrected chi connectivity index (χ0v) is 19.0. The summed E-state index contributed by atoms with van der Waals surface area (Å²) in [5.41, 5.74) is 3.67. The quantitative estimate of drug-likeness (QED) is 0.286. The maximum atomic E-state index is 13.1. The van der Waals surface area contributed by atoms with Gasteiger partial charge in [-0.25, -0.2) is 5.43 Å². The van der Waals surface area contributed by atoms with Crippen LogP contribution in [0, 0.1) is 6.92 Å². The van der Waals surface area contributed by atoms with Crippen LogP contribution in [0.15, 0.2) is 124 Å². The maximum absolute atomic E-state index is 13.1. The number of aliphatic hydroxyl groups is 1. The molecule has 0 radical (unpaired) electrons. The first-order valence-electron chi connectivity index (χ1n) is 10.6. The normalized spacial score (nSPS) is 11.5. The van der Waals surface area contributed by atoms with Gasteiger partial charge in [0.25, 0.3) is 5.91 Å². The van der Waals surface area contributed by atoms with E-state index in [0.29, 0.717) is 11.1 Å².